The van der Waals surface area contributed by atoms with Crippen LogP contribution in [0.5, 0.6) is 0 Å². The van der Waals surface area contributed by atoms with Gasteiger partial charge in [-0.25, -0.2) is 0 Å². The Kier molecular flexibility index (Phi) is 8.38. The normalized spacial score (nSPS) is 27.0. The molecule has 0 spiro atoms. The molecule has 0 saturated carbocycles. The first-order chi connectivity index (χ1) is 13.2. The minimum atomic E-state index is -0.987. The van der Waals surface area contributed by atoms with Gasteiger partial charge in [-0.15, -0.1) is 0 Å². The molecule has 1 fully saturated rings. The molecule has 154 valence electrons. The lowest BCUT2D eigenvalue weighted by Crippen LogP contribution is -2.63. The molecule has 28 heavy (non-hydrogen) atoms. The first-order valence-corrected chi connectivity index (χ1v) is 9.79. The summed E-state index contributed by atoms with van der Waals surface area (Å²) in [5.74, 6) is -1.14. The Hall–Kier alpha value is -1.52. The molecular formula is C17H19Cl2NO7S. The fourth-order valence-corrected chi connectivity index (χ4v) is 4.32. The predicted molar refractivity (Wildman–Crippen MR) is 102 cm³/mol. The predicted octanol–water partition coefficient (Wildman–Crippen LogP) is 2.17. The second-order valence-corrected chi connectivity index (χ2v) is 7.87. The number of esters is 2. The molecule has 5 atom stereocenters. The summed E-state index contributed by atoms with van der Waals surface area (Å²) >= 11 is 13.3. The van der Waals surface area contributed by atoms with Crippen molar-refractivity contribution in [2.45, 2.75) is 48.5 Å². The van der Waals surface area contributed by atoms with E-state index in [1.807, 2.05) is 0 Å². The average Bonchev–Trinajstić information content (AvgIpc) is 2.61. The topological polar surface area (TPSA) is 114 Å². The van der Waals surface area contributed by atoms with Gasteiger partial charge in [0.25, 0.3) is 6.47 Å². The van der Waals surface area contributed by atoms with E-state index in [2.05, 4.69) is 0 Å². The summed E-state index contributed by atoms with van der Waals surface area (Å²) in [5, 5.41) is 0.831. The van der Waals surface area contributed by atoms with Crippen LogP contribution in [0.15, 0.2) is 23.1 Å². The average molecular weight is 452 g/mol. The summed E-state index contributed by atoms with van der Waals surface area (Å²) in [6, 6.07) is 3.96. The maximum absolute atomic E-state index is 11.5. The Morgan fingerprint density at radius 2 is 1.96 bits per heavy atom. The van der Waals surface area contributed by atoms with Crippen LogP contribution in [0.3, 0.4) is 0 Å². The summed E-state index contributed by atoms with van der Waals surface area (Å²) in [6.07, 6.45) is -2.80. The van der Waals surface area contributed by atoms with E-state index in [0.717, 1.165) is 11.8 Å². The van der Waals surface area contributed by atoms with Gasteiger partial charge >= 0.3 is 11.9 Å². The molecule has 0 aliphatic carbocycles. The molecule has 1 heterocycles. The molecule has 1 saturated heterocycles. The third-order valence-corrected chi connectivity index (χ3v) is 5.69. The minimum Gasteiger partial charge on any atom is -0.463 e. The molecule has 1 aromatic carbocycles. The van der Waals surface area contributed by atoms with E-state index in [9.17, 15) is 14.4 Å². The third kappa shape index (κ3) is 5.99. The Morgan fingerprint density at radius 3 is 2.54 bits per heavy atom. The first-order valence-electron chi connectivity index (χ1n) is 8.15. The number of halogens is 2. The molecular weight excluding hydrogens is 433 g/mol. The largest absolute Gasteiger partial charge is 0.463 e. The summed E-state index contributed by atoms with van der Waals surface area (Å²) < 4.78 is 21.3. The van der Waals surface area contributed by atoms with Crippen LogP contribution in [-0.2, 0) is 33.3 Å². The highest BCUT2D eigenvalue weighted by molar-refractivity contribution is 8.00. The van der Waals surface area contributed by atoms with E-state index in [-0.39, 0.29) is 13.1 Å². The zero-order valence-electron chi connectivity index (χ0n) is 15.0. The van der Waals surface area contributed by atoms with Gasteiger partial charge in [-0.05, 0) is 18.2 Å². The van der Waals surface area contributed by atoms with Gasteiger partial charge in [0.1, 0.15) is 24.3 Å². The summed E-state index contributed by atoms with van der Waals surface area (Å²) in [6.45, 7) is 2.49. The number of nitrogens with two attached hydrogens (primary N) is 1. The smallest absolute Gasteiger partial charge is 0.303 e. The number of carbonyl (C=O) groups is 3. The number of benzene rings is 1. The first kappa shape index (κ1) is 22.8. The number of rotatable bonds is 7. The van der Waals surface area contributed by atoms with Crippen molar-refractivity contribution in [1.82, 2.24) is 0 Å². The molecule has 2 N–H and O–H groups in total. The van der Waals surface area contributed by atoms with E-state index in [1.54, 1.807) is 18.2 Å². The lowest BCUT2D eigenvalue weighted by atomic mass is 9.97. The molecule has 11 heteroatoms. The van der Waals surface area contributed by atoms with Crippen LogP contribution in [0.2, 0.25) is 10.0 Å². The number of hydrogen-bond acceptors (Lipinski definition) is 9. The fraction of sp³-hybridized carbons (Fsp3) is 0.471. The van der Waals surface area contributed by atoms with Gasteiger partial charge in [0.05, 0.1) is 11.1 Å². The second kappa shape index (κ2) is 10.3. The van der Waals surface area contributed by atoms with E-state index in [0.29, 0.717) is 14.9 Å². The zero-order chi connectivity index (χ0) is 20.8. The molecule has 0 amide bonds. The van der Waals surface area contributed by atoms with Crippen LogP contribution >= 0.6 is 35.0 Å². The SMILES string of the molecule is CC(=O)OCC1OC(Sc2ccc(Cl)cc2Cl)C(OC=O)C(N)C1OC(C)=O. The monoisotopic (exact) mass is 451 g/mol. The van der Waals surface area contributed by atoms with E-state index in [1.165, 1.54) is 13.8 Å². The second-order valence-electron chi connectivity index (χ2n) is 5.89. The number of hydrogen-bond donors (Lipinski definition) is 1. The van der Waals surface area contributed by atoms with Gasteiger partial charge in [0.2, 0.25) is 0 Å². The summed E-state index contributed by atoms with van der Waals surface area (Å²) in [7, 11) is 0. The maximum Gasteiger partial charge on any atom is 0.303 e. The molecule has 5 unspecified atom stereocenters. The fourth-order valence-electron chi connectivity index (χ4n) is 2.63. The Labute approximate surface area is 175 Å². The van der Waals surface area contributed by atoms with Gasteiger partial charge in [-0.1, -0.05) is 35.0 Å². The third-order valence-electron chi connectivity index (χ3n) is 3.80. The zero-order valence-corrected chi connectivity index (χ0v) is 17.3. The summed E-state index contributed by atoms with van der Waals surface area (Å²) in [4.78, 5) is 34.3. The van der Waals surface area contributed by atoms with E-state index >= 15 is 0 Å². The Balaban J connectivity index is 2.29. The number of ether oxygens (including phenoxy) is 4. The van der Waals surface area contributed by atoms with Crippen molar-refractivity contribution in [3.63, 3.8) is 0 Å². The molecule has 1 aromatic rings. The van der Waals surface area contributed by atoms with Crippen LogP contribution in [0.25, 0.3) is 0 Å². The molecule has 0 bridgehead atoms. The molecule has 1 aliphatic rings. The number of thioether (sulfide) groups is 1. The molecule has 8 nitrogen and oxygen atoms in total. The van der Waals surface area contributed by atoms with Crippen molar-refractivity contribution < 1.29 is 33.3 Å². The quantitative estimate of drug-likeness (QED) is 0.378. The van der Waals surface area contributed by atoms with Gasteiger partial charge in [-0.2, -0.15) is 0 Å². The van der Waals surface area contributed by atoms with Crippen molar-refractivity contribution in [1.29, 1.82) is 0 Å². The van der Waals surface area contributed by atoms with Crippen LogP contribution in [0.1, 0.15) is 13.8 Å². The van der Waals surface area contributed by atoms with E-state index < -0.39 is 41.7 Å². The molecule has 0 radical (unpaired) electrons. The number of carbonyl (C=O) groups excluding carboxylic acids is 3. The maximum atomic E-state index is 11.5. The molecule has 1 aliphatic heterocycles. The lowest BCUT2D eigenvalue weighted by Gasteiger charge is -2.43. The van der Waals surface area contributed by atoms with Crippen molar-refractivity contribution in [2.24, 2.45) is 5.73 Å². The van der Waals surface area contributed by atoms with Crippen LogP contribution in [-0.4, -0.2) is 54.8 Å². The van der Waals surface area contributed by atoms with Gasteiger partial charge in [-0.3, -0.25) is 14.4 Å². The Bertz CT molecular complexity index is 735. The molecule has 2 rings (SSSR count). The lowest BCUT2D eigenvalue weighted by molar-refractivity contribution is -0.197. The van der Waals surface area contributed by atoms with Crippen molar-refractivity contribution in [3.05, 3.63) is 28.2 Å². The van der Waals surface area contributed by atoms with Gasteiger partial charge in [0.15, 0.2) is 6.10 Å². The highest BCUT2D eigenvalue weighted by atomic mass is 35.5. The van der Waals surface area contributed by atoms with Crippen molar-refractivity contribution in [3.8, 4) is 0 Å². The van der Waals surface area contributed by atoms with Crippen LogP contribution in [0.4, 0.5) is 0 Å². The highest BCUT2D eigenvalue weighted by Gasteiger charge is 2.48. The summed E-state index contributed by atoms with van der Waals surface area (Å²) in [5.41, 5.74) is 5.41. The van der Waals surface area contributed by atoms with Crippen molar-refractivity contribution >= 4 is 53.4 Å². The minimum absolute atomic E-state index is 0.194. The van der Waals surface area contributed by atoms with E-state index in [4.69, 9.17) is 47.9 Å². The van der Waals surface area contributed by atoms with Crippen LogP contribution < -0.4 is 5.73 Å². The van der Waals surface area contributed by atoms with Crippen LogP contribution in [0, 0.1) is 0 Å². The Morgan fingerprint density at radius 1 is 1.25 bits per heavy atom. The van der Waals surface area contributed by atoms with Gasteiger partial charge in [0, 0.05) is 23.8 Å². The standard InChI is InChI=1S/C17H19Cl2NO7S/c1-8(22)24-6-12-15(26-9(2)23)14(20)16(25-7-21)17(27-12)28-13-4-3-10(18)5-11(13)19/h3-5,7,12,14-17H,6,20H2,1-2H3. The highest BCUT2D eigenvalue weighted by Crippen LogP contribution is 2.38. The van der Waals surface area contributed by atoms with Crippen molar-refractivity contribution in [2.75, 3.05) is 6.61 Å². The molecule has 0 aromatic heterocycles. The van der Waals surface area contributed by atoms with Gasteiger partial charge < -0.3 is 24.7 Å².